The Morgan fingerprint density at radius 2 is 2.22 bits per heavy atom. The molecule has 0 radical (unpaired) electrons. The summed E-state index contributed by atoms with van der Waals surface area (Å²) >= 11 is 0. The van der Waals surface area contributed by atoms with Gasteiger partial charge < -0.3 is 29.2 Å². The lowest BCUT2D eigenvalue weighted by Gasteiger charge is -2.03. The Bertz CT molecular complexity index is 687. The van der Waals surface area contributed by atoms with Gasteiger partial charge in [0.2, 0.25) is 12.6 Å². The quantitative estimate of drug-likeness (QED) is 0.708. The van der Waals surface area contributed by atoms with Gasteiger partial charge in [0.1, 0.15) is 5.75 Å². The number of ether oxygens (including phenoxy) is 3. The molecule has 9 heteroatoms. The second kappa shape index (κ2) is 6.97. The van der Waals surface area contributed by atoms with E-state index >= 15 is 0 Å². The molecule has 9 nitrogen and oxygen atoms in total. The van der Waals surface area contributed by atoms with Gasteiger partial charge in [0.25, 0.3) is 0 Å². The number of nitrogens with one attached hydrogen (secondary N) is 1. The number of carbonyl (C=O) groups excluding carboxylic acids is 1. The first-order valence-corrected chi connectivity index (χ1v) is 7.00. The van der Waals surface area contributed by atoms with Gasteiger partial charge in [-0.15, -0.1) is 0 Å². The van der Waals surface area contributed by atoms with Crippen molar-refractivity contribution in [2.24, 2.45) is 0 Å². The summed E-state index contributed by atoms with van der Waals surface area (Å²) < 4.78 is 20.8. The van der Waals surface area contributed by atoms with E-state index in [0.717, 1.165) is 0 Å². The maximum absolute atomic E-state index is 11.7. The van der Waals surface area contributed by atoms with Crippen molar-refractivity contribution < 1.29 is 28.6 Å². The third kappa shape index (κ3) is 3.69. The molecule has 23 heavy (non-hydrogen) atoms. The molecule has 0 aliphatic carbocycles. The van der Waals surface area contributed by atoms with E-state index in [1.165, 1.54) is 0 Å². The average Bonchev–Trinajstić information content (AvgIpc) is 3.21. The largest absolute Gasteiger partial charge is 0.485 e. The van der Waals surface area contributed by atoms with E-state index in [1.54, 1.807) is 18.2 Å². The van der Waals surface area contributed by atoms with Crippen LogP contribution in [0.1, 0.15) is 22.9 Å². The zero-order valence-electron chi connectivity index (χ0n) is 12.2. The summed E-state index contributed by atoms with van der Waals surface area (Å²) in [5, 5.41) is 14.9. The maximum atomic E-state index is 11.7. The number of rotatable bonds is 7. The number of amides is 1. The van der Waals surface area contributed by atoms with E-state index in [2.05, 4.69) is 15.5 Å². The summed E-state index contributed by atoms with van der Waals surface area (Å²) in [6.45, 7) is 0.574. The van der Waals surface area contributed by atoms with Crippen LogP contribution in [0.15, 0.2) is 22.7 Å². The topological polar surface area (TPSA) is 116 Å². The Morgan fingerprint density at radius 3 is 3.09 bits per heavy atom. The fourth-order valence-corrected chi connectivity index (χ4v) is 1.88. The molecule has 0 bridgehead atoms. The zero-order valence-corrected chi connectivity index (χ0v) is 12.2. The number of aliphatic hydroxyl groups is 1. The van der Waals surface area contributed by atoms with E-state index < -0.39 is 5.91 Å². The van der Waals surface area contributed by atoms with Gasteiger partial charge in [0.05, 0.1) is 0 Å². The first-order chi connectivity index (χ1) is 11.3. The van der Waals surface area contributed by atoms with Crippen molar-refractivity contribution in [3.63, 3.8) is 0 Å². The summed E-state index contributed by atoms with van der Waals surface area (Å²) in [6, 6.07) is 5.18. The number of benzene rings is 1. The Balaban J connectivity index is 1.54. The Kier molecular flexibility index (Phi) is 4.57. The van der Waals surface area contributed by atoms with E-state index in [-0.39, 0.29) is 31.7 Å². The first kappa shape index (κ1) is 15.1. The molecule has 122 valence electrons. The van der Waals surface area contributed by atoms with Crippen molar-refractivity contribution in [2.75, 3.05) is 19.9 Å². The first-order valence-electron chi connectivity index (χ1n) is 7.00. The van der Waals surface area contributed by atoms with Crippen molar-refractivity contribution in [3.05, 3.63) is 29.9 Å². The van der Waals surface area contributed by atoms with Gasteiger partial charge >= 0.3 is 11.8 Å². The number of nitrogens with zero attached hydrogens (tertiary/aromatic N) is 2. The summed E-state index contributed by atoms with van der Waals surface area (Å²) in [7, 11) is 0. The molecule has 2 aromatic rings. The van der Waals surface area contributed by atoms with E-state index in [9.17, 15) is 4.79 Å². The highest BCUT2D eigenvalue weighted by Crippen LogP contribution is 2.35. The van der Waals surface area contributed by atoms with Gasteiger partial charge in [-0.1, -0.05) is 5.16 Å². The number of aliphatic hydroxyl groups excluding tert-OH is 1. The van der Waals surface area contributed by atoms with Crippen LogP contribution >= 0.6 is 0 Å². The molecular formula is C14H15N3O6. The van der Waals surface area contributed by atoms with Gasteiger partial charge in [-0.2, -0.15) is 4.98 Å². The van der Waals surface area contributed by atoms with Gasteiger partial charge in [0, 0.05) is 19.2 Å². The summed E-state index contributed by atoms with van der Waals surface area (Å²) in [4.78, 5) is 15.6. The number of fused-ring (bicyclic) bond motifs is 1. The van der Waals surface area contributed by atoms with Crippen LogP contribution in [0.2, 0.25) is 0 Å². The van der Waals surface area contributed by atoms with Gasteiger partial charge in [-0.25, -0.2) is 0 Å². The van der Waals surface area contributed by atoms with Crippen LogP contribution in [0.4, 0.5) is 0 Å². The molecule has 0 spiro atoms. The second-order valence-electron chi connectivity index (χ2n) is 4.65. The Morgan fingerprint density at radius 1 is 1.35 bits per heavy atom. The third-order valence-electron chi connectivity index (χ3n) is 2.99. The highest BCUT2D eigenvalue weighted by molar-refractivity contribution is 5.89. The van der Waals surface area contributed by atoms with Crippen molar-refractivity contribution in [1.82, 2.24) is 15.5 Å². The Hall–Kier alpha value is -2.81. The lowest BCUT2D eigenvalue weighted by molar-refractivity contribution is 0.0907. The van der Waals surface area contributed by atoms with Gasteiger partial charge in [0.15, 0.2) is 18.1 Å². The summed E-state index contributed by atoms with van der Waals surface area (Å²) in [5.74, 6) is 1.45. The molecule has 0 saturated heterocycles. The van der Waals surface area contributed by atoms with Crippen LogP contribution in [0.25, 0.3) is 0 Å². The lowest BCUT2D eigenvalue weighted by atomic mass is 10.3. The molecule has 1 aliphatic heterocycles. The second-order valence-corrected chi connectivity index (χ2v) is 4.65. The monoisotopic (exact) mass is 321 g/mol. The summed E-state index contributed by atoms with van der Waals surface area (Å²) in [6.07, 6.45) is 0.458. The van der Waals surface area contributed by atoms with Gasteiger partial charge in [-0.05, 0) is 18.6 Å². The molecule has 1 aromatic carbocycles. The average molecular weight is 321 g/mol. The number of hydrogen-bond donors (Lipinski definition) is 2. The van der Waals surface area contributed by atoms with Gasteiger partial charge in [-0.3, -0.25) is 4.79 Å². The molecular weight excluding hydrogens is 306 g/mol. The number of aromatic nitrogens is 2. The van der Waals surface area contributed by atoms with E-state index in [0.29, 0.717) is 30.2 Å². The van der Waals surface area contributed by atoms with E-state index in [1.807, 2.05) is 0 Å². The zero-order chi connectivity index (χ0) is 16.1. The minimum absolute atomic E-state index is 0.00125. The van der Waals surface area contributed by atoms with Crippen LogP contribution in [-0.2, 0) is 6.61 Å². The van der Waals surface area contributed by atoms with Crippen LogP contribution in [-0.4, -0.2) is 41.1 Å². The fourth-order valence-electron chi connectivity index (χ4n) is 1.88. The smallest absolute Gasteiger partial charge is 0.316 e. The van der Waals surface area contributed by atoms with E-state index in [4.69, 9.17) is 23.8 Å². The molecule has 1 aliphatic rings. The summed E-state index contributed by atoms with van der Waals surface area (Å²) in [5.41, 5.74) is 0. The van der Waals surface area contributed by atoms with Crippen molar-refractivity contribution in [2.45, 2.75) is 13.0 Å². The van der Waals surface area contributed by atoms with Crippen molar-refractivity contribution in [3.8, 4) is 17.2 Å². The van der Waals surface area contributed by atoms with Crippen LogP contribution in [0.3, 0.4) is 0 Å². The molecule has 3 rings (SSSR count). The predicted octanol–water partition coefficient (Wildman–Crippen LogP) is 0.489. The minimum atomic E-state index is -0.486. The number of carbonyl (C=O) groups is 1. The standard InChI is InChI=1S/C14H15N3O6/c18-5-1-4-15-13(19)14-16-12(17-23-14)7-20-9-2-3-10-11(6-9)22-8-21-10/h2-3,6,18H,1,4-5,7-8H2,(H,15,19). The molecule has 0 unspecified atom stereocenters. The molecule has 0 atom stereocenters. The molecule has 0 saturated carbocycles. The van der Waals surface area contributed by atoms with Crippen molar-refractivity contribution >= 4 is 5.91 Å². The third-order valence-corrected chi connectivity index (χ3v) is 2.99. The van der Waals surface area contributed by atoms with Crippen LogP contribution in [0, 0.1) is 0 Å². The number of hydrogen-bond acceptors (Lipinski definition) is 8. The maximum Gasteiger partial charge on any atom is 0.316 e. The lowest BCUT2D eigenvalue weighted by Crippen LogP contribution is -2.25. The highest BCUT2D eigenvalue weighted by atomic mass is 16.7. The molecule has 1 amide bonds. The van der Waals surface area contributed by atoms with Crippen LogP contribution in [0.5, 0.6) is 17.2 Å². The molecule has 0 fully saturated rings. The normalized spacial score (nSPS) is 12.2. The Labute approximate surface area is 131 Å². The predicted molar refractivity (Wildman–Crippen MR) is 75.2 cm³/mol. The molecule has 2 N–H and O–H groups in total. The van der Waals surface area contributed by atoms with Crippen molar-refractivity contribution in [1.29, 1.82) is 0 Å². The highest BCUT2D eigenvalue weighted by Gasteiger charge is 2.16. The minimum Gasteiger partial charge on any atom is -0.485 e. The fraction of sp³-hybridized carbons (Fsp3) is 0.357. The molecule has 2 heterocycles. The molecule has 1 aromatic heterocycles. The SMILES string of the molecule is O=C(NCCCO)c1nc(COc2ccc3c(c2)OCO3)no1. The van der Waals surface area contributed by atoms with Crippen LogP contribution < -0.4 is 19.5 Å².